The van der Waals surface area contributed by atoms with Crippen molar-refractivity contribution in [3.63, 3.8) is 0 Å². The van der Waals surface area contributed by atoms with E-state index in [1.165, 1.54) is 4.90 Å². The topological polar surface area (TPSA) is 57.7 Å². The summed E-state index contributed by atoms with van der Waals surface area (Å²) in [5.74, 6) is -0.233. The normalized spacial score (nSPS) is 18.4. The van der Waals surface area contributed by atoms with Crippen molar-refractivity contribution in [3.8, 4) is 0 Å². The van der Waals surface area contributed by atoms with Crippen molar-refractivity contribution in [2.75, 3.05) is 13.1 Å². The lowest BCUT2D eigenvalue weighted by Gasteiger charge is -2.15. The van der Waals surface area contributed by atoms with Crippen molar-refractivity contribution in [1.82, 2.24) is 9.80 Å². The van der Waals surface area contributed by atoms with Gasteiger partial charge in [0.15, 0.2) is 0 Å². The number of hydrogen-bond donors (Lipinski definition) is 0. The smallest absolute Gasteiger partial charge is 0.293 e. The van der Waals surface area contributed by atoms with Crippen LogP contribution in [-0.2, 0) is 11.3 Å². The summed E-state index contributed by atoms with van der Waals surface area (Å²) in [6.07, 6.45) is 3.82. The fourth-order valence-electron chi connectivity index (χ4n) is 3.38. The Kier molecular flexibility index (Phi) is 5.30. The maximum absolute atomic E-state index is 12.6. The number of benzene rings is 2. The predicted molar refractivity (Wildman–Crippen MR) is 110 cm³/mol. The Labute approximate surface area is 168 Å². The Morgan fingerprint density at radius 3 is 2.32 bits per heavy atom. The highest BCUT2D eigenvalue weighted by Crippen LogP contribution is 2.33. The summed E-state index contributed by atoms with van der Waals surface area (Å²) in [5.41, 5.74) is 2.36. The zero-order chi connectivity index (χ0) is 19.5. The third-order valence-corrected chi connectivity index (χ3v) is 5.81. The maximum atomic E-state index is 12.6. The van der Waals surface area contributed by atoms with E-state index in [2.05, 4.69) is 0 Å². The lowest BCUT2D eigenvalue weighted by molar-refractivity contribution is -0.123. The van der Waals surface area contributed by atoms with Gasteiger partial charge in [-0.3, -0.25) is 19.3 Å². The summed E-state index contributed by atoms with van der Waals surface area (Å²) >= 11 is 0.950. The molecule has 5 nitrogen and oxygen atoms in total. The lowest BCUT2D eigenvalue weighted by atomic mass is 10.1. The second-order valence-corrected chi connectivity index (χ2v) is 7.87. The molecule has 2 aromatic carbocycles. The fraction of sp³-hybridized carbons (Fsp3) is 0.227. The van der Waals surface area contributed by atoms with E-state index in [1.54, 1.807) is 18.2 Å². The number of thioether (sulfide) groups is 1. The van der Waals surface area contributed by atoms with Gasteiger partial charge in [-0.2, -0.15) is 0 Å². The van der Waals surface area contributed by atoms with Gasteiger partial charge in [0.05, 0.1) is 11.4 Å². The number of hydrogen-bond acceptors (Lipinski definition) is 4. The van der Waals surface area contributed by atoms with Crippen molar-refractivity contribution in [3.05, 3.63) is 76.2 Å². The van der Waals surface area contributed by atoms with E-state index in [0.717, 1.165) is 48.8 Å². The number of nitrogens with zero attached hydrogens (tertiary/aromatic N) is 2. The molecule has 0 unspecified atom stereocenters. The van der Waals surface area contributed by atoms with E-state index in [4.69, 9.17) is 0 Å². The SMILES string of the molecule is O=C(c1ccc(/C=C2\SC(=O)N(Cc3ccccc3)C2=O)cc1)N1CCCC1. The van der Waals surface area contributed by atoms with Crippen LogP contribution in [0.1, 0.15) is 34.3 Å². The molecule has 0 spiro atoms. The van der Waals surface area contributed by atoms with Crippen LogP contribution < -0.4 is 0 Å². The first-order chi connectivity index (χ1) is 13.6. The molecule has 2 aliphatic heterocycles. The molecule has 4 rings (SSSR count). The van der Waals surface area contributed by atoms with Crippen LogP contribution in [0.2, 0.25) is 0 Å². The molecule has 0 aromatic heterocycles. The largest absolute Gasteiger partial charge is 0.339 e. The molecule has 0 bridgehead atoms. The maximum Gasteiger partial charge on any atom is 0.293 e. The minimum atomic E-state index is -0.281. The highest BCUT2D eigenvalue weighted by atomic mass is 32.2. The standard InChI is InChI=1S/C22H20N2O3S/c25-20(23-12-4-5-13-23)18-10-8-16(9-11-18)14-19-21(26)24(22(27)28-19)15-17-6-2-1-3-7-17/h1-3,6-11,14H,4-5,12-13,15H2/b19-14-. The number of carbonyl (C=O) groups excluding carboxylic acids is 3. The van der Waals surface area contributed by atoms with Crippen LogP contribution in [-0.4, -0.2) is 39.9 Å². The first-order valence-corrected chi connectivity index (χ1v) is 10.1. The molecule has 0 atom stereocenters. The van der Waals surface area contributed by atoms with Gasteiger partial charge in [0.2, 0.25) is 0 Å². The molecule has 0 aliphatic carbocycles. The van der Waals surface area contributed by atoms with Gasteiger partial charge in [0.25, 0.3) is 17.1 Å². The summed E-state index contributed by atoms with van der Waals surface area (Å²) in [7, 11) is 0. The van der Waals surface area contributed by atoms with E-state index in [-0.39, 0.29) is 23.6 Å². The van der Waals surface area contributed by atoms with Crippen LogP contribution >= 0.6 is 11.8 Å². The summed E-state index contributed by atoms with van der Waals surface area (Å²) in [6, 6.07) is 16.6. The monoisotopic (exact) mass is 392 g/mol. The first kappa shape index (κ1) is 18.5. The lowest BCUT2D eigenvalue weighted by Crippen LogP contribution is -2.27. The highest BCUT2D eigenvalue weighted by Gasteiger charge is 2.34. The molecule has 142 valence electrons. The van der Waals surface area contributed by atoms with E-state index < -0.39 is 0 Å². The summed E-state index contributed by atoms with van der Waals surface area (Å²) < 4.78 is 0. The zero-order valence-electron chi connectivity index (χ0n) is 15.3. The minimum absolute atomic E-state index is 0.0484. The Balaban J connectivity index is 1.47. The Morgan fingerprint density at radius 1 is 0.964 bits per heavy atom. The summed E-state index contributed by atoms with van der Waals surface area (Å²) in [6.45, 7) is 1.90. The average molecular weight is 392 g/mol. The van der Waals surface area contributed by atoms with Crippen molar-refractivity contribution >= 4 is 34.9 Å². The molecule has 2 saturated heterocycles. The summed E-state index contributed by atoms with van der Waals surface area (Å²) in [5, 5.41) is -0.263. The van der Waals surface area contributed by atoms with Gasteiger partial charge in [0, 0.05) is 18.7 Å². The molecule has 2 aliphatic rings. The van der Waals surface area contributed by atoms with Crippen molar-refractivity contribution in [1.29, 1.82) is 0 Å². The first-order valence-electron chi connectivity index (χ1n) is 9.30. The van der Waals surface area contributed by atoms with Gasteiger partial charge >= 0.3 is 0 Å². The average Bonchev–Trinajstić information content (AvgIpc) is 3.34. The van der Waals surface area contributed by atoms with Crippen LogP contribution in [0.25, 0.3) is 6.08 Å². The molecule has 2 fully saturated rings. The van der Waals surface area contributed by atoms with Gasteiger partial charge < -0.3 is 4.90 Å². The van der Waals surface area contributed by atoms with Gasteiger partial charge in [-0.1, -0.05) is 42.5 Å². The Bertz CT molecular complexity index is 932. The molecular weight excluding hydrogens is 372 g/mol. The number of amides is 3. The van der Waals surface area contributed by atoms with E-state index in [0.29, 0.717) is 10.5 Å². The van der Waals surface area contributed by atoms with Crippen molar-refractivity contribution in [2.24, 2.45) is 0 Å². The second-order valence-electron chi connectivity index (χ2n) is 6.87. The van der Waals surface area contributed by atoms with Crippen molar-refractivity contribution in [2.45, 2.75) is 19.4 Å². The molecular formula is C22H20N2O3S. The fourth-order valence-corrected chi connectivity index (χ4v) is 4.22. The minimum Gasteiger partial charge on any atom is -0.339 e. The van der Waals surface area contributed by atoms with Crippen LogP contribution in [0.15, 0.2) is 59.5 Å². The van der Waals surface area contributed by atoms with Crippen LogP contribution in [0.5, 0.6) is 0 Å². The molecule has 3 amide bonds. The third-order valence-electron chi connectivity index (χ3n) is 4.91. The molecule has 0 saturated carbocycles. The van der Waals surface area contributed by atoms with Crippen LogP contribution in [0, 0.1) is 0 Å². The van der Waals surface area contributed by atoms with Crippen molar-refractivity contribution < 1.29 is 14.4 Å². The molecule has 0 N–H and O–H groups in total. The van der Waals surface area contributed by atoms with Gasteiger partial charge in [-0.15, -0.1) is 0 Å². The quantitative estimate of drug-likeness (QED) is 0.733. The molecule has 2 aromatic rings. The number of likely N-dealkylation sites (tertiary alicyclic amines) is 1. The summed E-state index contributed by atoms with van der Waals surface area (Å²) in [4.78, 5) is 40.8. The van der Waals surface area contributed by atoms with Gasteiger partial charge in [-0.05, 0) is 53.9 Å². The van der Waals surface area contributed by atoms with Gasteiger partial charge in [-0.25, -0.2) is 0 Å². The van der Waals surface area contributed by atoms with Crippen LogP contribution in [0.4, 0.5) is 4.79 Å². The molecule has 2 heterocycles. The highest BCUT2D eigenvalue weighted by molar-refractivity contribution is 8.18. The molecule has 6 heteroatoms. The number of imide groups is 1. The van der Waals surface area contributed by atoms with Gasteiger partial charge in [0.1, 0.15) is 0 Å². The van der Waals surface area contributed by atoms with Crippen LogP contribution in [0.3, 0.4) is 0 Å². The predicted octanol–water partition coefficient (Wildman–Crippen LogP) is 4.16. The third kappa shape index (κ3) is 3.87. The van der Waals surface area contributed by atoms with E-state index >= 15 is 0 Å². The Morgan fingerprint density at radius 2 is 1.64 bits per heavy atom. The molecule has 0 radical (unpaired) electrons. The second kappa shape index (κ2) is 8.02. The van der Waals surface area contributed by atoms with E-state index in [1.807, 2.05) is 47.4 Å². The number of carbonyl (C=O) groups is 3. The zero-order valence-corrected chi connectivity index (χ0v) is 16.2. The molecule has 28 heavy (non-hydrogen) atoms. The number of rotatable bonds is 4. The Hall–Kier alpha value is -2.86. The van der Waals surface area contributed by atoms with E-state index in [9.17, 15) is 14.4 Å².